The average molecular weight is 309 g/mol. The number of ether oxygens (including phenoxy) is 3. The van der Waals surface area contributed by atoms with Gasteiger partial charge in [0.25, 0.3) is 0 Å². The first kappa shape index (κ1) is 15.4. The standard InChI is InChI=1S/C13H25BrO3/c1-15-8-9-17-11-10-16-7-6-12-4-2-3-5-13(12)14/h12-13H,2-11H2,1H3. The van der Waals surface area contributed by atoms with Crippen LogP contribution < -0.4 is 0 Å². The molecule has 1 fully saturated rings. The quantitative estimate of drug-likeness (QED) is 0.484. The summed E-state index contributed by atoms with van der Waals surface area (Å²) in [6.45, 7) is 3.55. The van der Waals surface area contributed by atoms with E-state index in [-0.39, 0.29) is 0 Å². The van der Waals surface area contributed by atoms with Crippen molar-refractivity contribution in [2.45, 2.75) is 36.9 Å². The molecule has 1 aliphatic rings. The zero-order valence-electron chi connectivity index (χ0n) is 10.8. The molecule has 17 heavy (non-hydrogen) atoms. The third-order valence-corrected chi connectivity index (χ3v) is 4.46. The molecule has 1 saturated carbocycles. The molecule has 4 heteroatoms. The summed E-state index contributed by atoms with van der Waals surface area (Å²) in [6, 6.07) is 0. The minimum atomic E-state index is 0.659. The lowest BCUT2D eigenvalue weighted by Gasteiger charge is -2.27. The molecule has 0 bridgehead atoms. The maximum absolute atomic E-state index is 5.58. The van der Waals surface area contributed by atoms with E-state index in [9.17, 15) is 0 Å². The Labute approximate surface area is 113 Å². The van der Waals surface area contributed by atoms with Gasteiger partial charge in [0, 0.05) is 18.5 Å². The summed E-state index contributed by atoms with van der Waals surface area (Å²) >= 11 is 3.77. The number of halogens is 1. The summed E-state index contributed by atoms with van der Waals surface area (Å²) in [5.41, 5.74) is 0. The first-order chi connectivity index (χ1) is 8.34. The van der Waals surface area contributed by atoms with E-state index in [0.717, 1.165) is 12.5 Å². The van der Waals surface area contributed by atoms with Crippen LogP contribution in [-0.4, -0.2) is 45.0 Å². The molecule has 2 atom stereocenters. The maximum Gasteiger partial charge on any atom is 0.0701 e. The predicted octanol–water partition coefficient (Wildman–Crippen LogP) is 3.01. The van der Waals surface area contributed by atoms with Gasteiger partial charge in [0.1, 0.15) is 0 Å². The highest BCUT2D eigenvalue weighted by Crippen LogP contribution is 2.31. The molecule has 2 unspecified atom stereocenters. The molecule has 1 rings (SSSR count). The summed E-state index contributed by atoms with van der Waals surface area (Å²) in [5, 5.41) is 0. The van der Waals surface area contributed by atoms with Crippen LogP contribution in [-0.2, 0) is 14.2 Å². The van der Waals surface area contributed by atoms with Crippen molar-refractivity contribution in [3.8, 4) is 0 Å². The average Bonchev–Trinajstić information content (AvgIpc) is 2.35. The number of hydrogen-bond donors (Lipinski definition) is 0. The second kappa shape index (κ2) is 10.3. The first-order valence-electron chi connectivity index (χ1n) is 6.63. The summed E-state index contributed by atoms with van der Waals surface area (Å²) in [7, 11) is 1.68. The highest BCUT2D eigenvalue weighted by Gasteiger charge is 2.21. The Morgan fingerprint density at radius 3 is 2.29 bits per heavy atom. The van der Waals surface area contributed by atoms with Crippen LogP contribution in [0, 0.1) is 5.92 Å². The molecule has 0 amide bonds. The van der Waals surface area contributed by atoms with Gasteiger partial charge >= 0.3 is 0 Å². The minimum Gasteiger partial charge on any atom is -0.382 e. The predicted molar refractivity (Wildman–Crippen MR) is 72.8 cm³/mol. The molecule has 0 N–H and O–H groups in total. The molecule has 3 nitrogen and oxygen atoms in total. The van der Waals surface area contributed by atoms with Crippen LogP contribution in [0.15, 0.2) is 0 Å². The van der Waals surface area contributed by atoms with Crippen molar-refractivity contribution < 1.29 is 14.2 Å². The van der Waals surface area contributed by atoms with Gasteiger partial charge in [0.05, 0.1) is 26.4 Å². The normalized spacial score (nSPS) is 25.1. The van der Waals surface area contributed by atoms with E-state index in [1.807, 2.05) is 0 Å². The molecule has 0 spiro atoms. The fourth-order valence-corrected chi connectivity index (χ4v) is 3.04. The Balaban J connectivity index is 1.86. The molecule has 102 valence electrons. The molecule has 0 aromatic heterocycles. The van der Waals surface area contributed by atoms with Gasteiger partial charge in [-0.05, 0) is 25.2 Å². The molecule has 1 aliphatic carbocycles. The van der Waals surface area contributed by atoms with Gasteiger partial charge in [0.2, 0.25) is 0 Å². The summed E-state index contributed by atoms with van der Waals surface area (Å²) < 4.78 is 15.8. The van der Waals surface area contributed by atoms with E-state index >= 15 is 0 Å². The Bertz CT molecular complexity index is 178. The molecule has 0 heterocycles. The van der Waals surface area contributed by atoms with Crippen molar-refractivity contribution >= 4 is 15.9 Å². The number of alkyl halides is 1. The molecule has 0 aromatic carbocycles. The fourth-order valence-electron chi connectivity index (χ4n) is 2.19. The van der Waals surface area contributed by atoms with E-state index in [4.69, 9.17) is 14.2 Å². The third-order valence-electron chi connectivity index (χ3n) is 3.25. The highest BCUT2D eigenvalue weighted by atomic mass is 79.9. The monoisotopic (exact) mass is 308 g/mol. The van der Waals surface area contributed by atoms with Crippen LogP contribution in [0.5, 0.6) is 0 Å². The lowest BCUT2D eigenvalue weighted by atomic mass is 9.87. The molecule has 0 aliphatic heterocycles. The minimum absolute atomic E-state index is 0.659. The second-order valence-corrected chi connectivity index (χ2v) is 5.74. The van der Waals surface area contributed by atoms with E-state index in [0.29, 0.717) is 31.3 Å². The van der Waals surface area contributed by atoms with Crippen LogP contribution in [0.4, 0.5) is 0 Å². The van der Waals surface area contributed by atoms with Crippen molar-refractivity contribution in [2.24, 2.45) is 5.92 Å². The van der Waals surface area contributed by atoms with Crippen LogP contribution in [0.1, 0.15) is 32.1 Å². The van der Waals surface area contributed by atoms with Crippen LogP contribution in [0.3, 0.4) is 0 Å². The van der Waals surface area contributed by atoms with Crippen LogP contribution >= 0.6 is 15.9 Å². The molecule has 0 aromatic rings. The maximum atomic E-state index is 5.58. The van der Waals surface area contributed by atoms with Gasteiger partial charge in [-0.2, -0.15) is 0 Å². The number of rotatable bonds is 9. The topological polar surface area (TPSA) is 27.7 Å². The van der Waals surface area contributed by atoms with Gasteiger partial charge in [-0.25, -0.2) is 0 Å². The SMILES string of the molecule is COCCOCCOCCC1CCCCC1Br. The van der Waals surface area contributed by atoms with Gasteiger partial charge < -0.3 is 14.2 Å². The van der Waals surface area contributed by atoms with E-state index in [2.05, 4.69) is 15.9 Å². The molecular formula is C13H25BrO3. The lowest BCUT2D eigenvalue weighted by molar-refractivity contribution is 0.0211. The van der Waals surface area contributed by atoms with Crippen molar-refractivity contribution in [3.05, 3.63) is 0 Å². The van der Waals surface area contributed by atoms with Gasteiger partial charge in [-0.15, -0.1) is 0 Å². The Kier molecular flexibility index (Phi) is 9.34. The van der Waals surface area contributed by atoms with Crippen LogP contribution in [0.25, 0.3) is 0 Å². The largest absolute Gasteiger partial charge is 0.382 e. The van der Waals surface area contributed by atoms with E-state index in [1.54, 1.807) is 7.11 Å². The lowest BCUT2D eigenvalue weighted by Crippen LogP contribution is -2.21. The number of hydrogen-bond acceptors (Lipinski definition) is 3. The zero-order chi connectivity index (χ0) is 12.3. The smallest absolute Gasteiger partial charge is 0.0701 e. The molecule has 0 saturated heterocycles. The second-order valence-electron chi connectivity index (χ2n) is 4.57. The molecule has 0 radical (unpaired) electrons. The molecular weight excluding hydrogens is 284 g/mol. The Morgan fingerprint density at radius 2 is 1.59 bits per heavy atom. The van der Waals surface area contributed by atoms with Crippen LogP contribution in [0.2, 0.25) is 0 Å². The van der Waals surface area contributed by atoms with Crippen molar-refractivity contribution in [1.82, 2.24) is 0 Å². The van der Waals surface area contributed by atoms with Crippen molar-refractivity contribution in [2.75, 3.05) is 40.1 Å². The zero-order valence-corrected chi connectivity index (χ0v) is 12.4. The summed E-state index contributed by atoms with van der Waals surface area (Å²) in [5.74, 6) is 0.804. The van der Waals surface area contributed by atoms with Gasteiger partial charge in [0.15, 0.2) is 0 Å². The highest BCUT2D eigenvalue weighted by molar-refractivity contribution is 9.09. The van der Waals surface area contributed by atoms with Gasteiger partial charge in [-0.3, -0.25) is 0 Å². The summed E-state index contributed by atoms with van der Waals surface area (Å²) in [6.07, 6.45) is 6.61. The van der Waals surface area contributed by atoms with E-state index < -0.39 is 0 Å². The Hall–Kier alpha value is 0.360. The van der Waals surface area contributed by atoms with E-state index in [1.165, 1.54) is 32.1 Å². The first-order valence-corrected chi connectivity index (χ1v) is 7.54. The van der Waals surface area contributed by atoms with Crippen molar-refractivity contribution in [1.29, 1.82) is 0 Å². The van der Waals surface area contributed by atoms with Crippen molar-refractivity contribution in [3.63, 3.8) is 0 Å². The number of methoxy groups -OCH3 is 1. The van der Waals surface area contributed by atoms with Gasteiger partial charge in [-0.1, -0.05) is 28.8 Å². The third kappa shape index (κ3) is 7.39. The fraction of sp³-hybridized carbons (Fsp3) is 1.00. The Morgan fingerprint density at radius 1 is 0.941 bits per heavy atom. The summed E-state index contributed by atoms with van der Waals surface area (Å²) in [4.78, 5) is 0.706.